The monoisotopic (exact) mass is 717 g/mol. The molecule has 3 rings (SSSR count). The average Bonchev–Trinajstić information content (AvgIpc) is 2.93. The predicted octanol–water partition coefficient (Wildman–Crippen LogP) is 8.43. The van der Waals surface area contributed by atoms with Crippen LogP contribution in [0, 0.1) is 15.3 Å². The summed E-state index contributed by atoms with van der Waals surface area (Å²) in [6.07, 6.45) is -1.00. The van der Waals surface area contributed by atoms with Crippen LogP contribution < -0.4 is 10.2 Å². The minimum Gasteiger partial charge on any atom is -0.321 e. The van der Waals surface area contributed by atoms with Crippen molar-refractivity contribution < 1.29 is 31.5 Å². The first-order chi connectivity index (χ1) is 19.8. The molecule has 1 N–H and O–H groups in total. The molecule has 3 aromatic rings. The van der Waals surface area contributed by atoms with E-state index in [2.05, 4.69) is 16.9 Å². The van der Waals surface area contributed by atoms with Gasteiger partial charge in [-0.1, -0.05) is 44.9 Å². The highest BCUT2D eigenvalue weighted by Gasteiger charge is 2.52. The van der Waals surface area contributed by atoms with Gasteiger partial charge in [-0.05, 0) is 76.9 Å². The van der Waals surface area contributed by atoms with E-state index in [-0.39, 0.29) is 35.3 Å². The Bertz CT molecular complexity index is 1470. The Hall–Kier alpha value is -2.92. The van der Waals surface area contributed by atoms with Crippen molar-refractivity contribution in [1.82, 2.24) is 4.98 Å². The molecule has 0 aliphatic heterocycles. The Kier molecular flexibility index (Phi) is 11.2. The van der Waals surface area contributed by atoms with Crippen LogP contribution in [0.2, 0.25) is 0 Å². The summed E-state index contributed by atoms with van der Waals surface area (Å²) >= 11 is 1.87. The highest BCUT2D eigenvalue weighted by molar-refractivity contribution is 14.1. The van der Waals surface area contributed by atoms with Crippen LogP contribution in [-0.4, -0.2) is 29.5 Å². The number of carbonyl (C=O) groups is 2. The number of nitrogens with one attached hydrogen (secondary N) is 1. The molecule has 224 valence electrons. The zero-order valence-corrected chi connectivity index (χ0v) is 26.3. The van der Waals surface area contributed by atoms with Crippen LogP contribution in [0.4, 0.5) is 33.3 Å². The number of halogens is 6. The van der Waals surface area contributed by atoms with Crippen LogP contribution in [0.1, 0.15) is 65.0 Å². The molecule has 0 aliphatic carbocycles. The highest BCUT2D eigenvalue weighted by Crippen LogP contribution is 2.51. The fourth-order valence-corrected chi connectivity index (χ4v) is 5.81. The molecular weight excluding hydrogens is 687 g/mol. The van der Waals surface area contributed by atoms with E-state index in [1.165, 1.54) is 42.5 Å². The Morgan fingerprint density at radius 3 is 2.40 bits per heavy atom. The predicted molar refractivity (Wildman–Crippen MR) is 166 cm³/mol. The summed E-state index contributed by atoms with van der Waals surface area (Å²) < 4.78 is 71.9. The normalized spacial score (nSPS) is 12.9. The van der Waals surface area contributed by atoms with Crippen molar-refractivity contribution in [3.05, 3.63) is 98.9 Å². The zero-order chi connectivity index (χ0) is 31.2. The van der Waals surface area contributed by atoms with Crippen molar-refractivity contribution >= 4 is 55.0 Å². The molecule has 2 atom stereocenters. The number of aromatic nitrogens is 1. The summed E-state index contributed by atoms with van der Waals surface area (Å²) in [4.78, 5) is 31.0. The number of pyridine rings is 1. The van der Waals surface area contributed by atoms with Gasteiger partial charge in [-0.3, -0.25) is 9.59 Å². The number of alkyl halides is 3. The maximum absolute atomic E-state index is 15.8. The van der Waals surface area contributed by atoms with Crippen molar-refractivity contribution in [3.63, 3.8) is 0 Å². The molecule has 0 saturated heterocycles. The molecule has 0 bridgehead atoms. The van der Waals surface area contributed by atoms with Gasteiger partial charge < -0.3 is 10.2 Å². The molecule has 0 fully saturated rings. The topological polar surface area (TPSA) is 62.3 Å². The second kappa shape index (κ2) is 14.0. The number of benzene rings is 2. The Morgan fingerprint density at radius 1 is 1.12 bits per heavy atom. The molecule has 1 heterocycles. The van der Waals surface area contributed by atoms with Crippen LogP contribution in [0.3, 0.4) is 0 Å². The number of amides is 2. The van der Waals surface area contributed by atoms with Crippen molar-refractivity contribution in [2.45, 2.75) is 50.9 Å². The van der Waals surface area contributed by atoms with E-state index in [9.17, 15) is 27.2 Å². The summed E-state index contributed by atoms with van der Waals surface area (Å²) in [5.41, 5.74) is 0.249. The van der Waals surface area contributed by atoms with Gasteiger partial charge >= 0.3 is 6.18 Å². The third-order valence-corrected chi connectivity index (χ3v) is 8.44. The van der Waals surface area contributed by atoms with E-state index in [1.807, 2.05) is 38.8 Å². The van der Waals surface area contributed by atoms with Gasteiger partial charge in [-0.2, -0.15) is 17.6 Å². The van der Waals surface area contributed by atoms with Crippen molar-refractivity contribution in [1.29, 1.82) is 0 Å². The molecule has 12 heteroatoms. The van der Waals surface area contributed by atoms with Gasteiger partial charge in [-0.25, -0.2) is 9.37 Å². The van der Waals surface area contributed by atoms with E-state index in [1.54, 1.807) is 6.92 Å². The summed E-state index contributed by atoms with van der Waals surface area (Å²) in [6.45, 7) is 7.03. The minimum atomic E-state index is -4.52. The number of aryl methyl sites for hydroxylation is 1. The lowest BCUT2D eigenvalue weighted by Gasteiger charge is -2.33. The lowest BCUT2D eigenvalue weighted by atomic mass is 9.90. The molecule has 1 aromatic heterocycles. The molecule has 5 nitrogen and oxygen atoms in total. The van der Waals surface area contributed by atoms with E-state index in [4.69, 9.17) is 0 Å². The molecule has 2 unspecified atom stereocenters. The fourth-order valence-electron chi connectivity index (χ4n) is 4.53. The molecule has 0 radical (unpaired) electrons. The third kappa shape index (κ3) is 7.16. The quantitative estimate of drug-likeness (QED) is 0.0713. The number of nitrogens with zero attached hydrogens (tertiary/aromatic N) is 2. The summed E-state index contributed by atoms with van der Waals surface area (Å²) in [6, 6.07) is 9.00. The number of rotatable bonds is 11. The van der Waals surface area contributed by atoms with Crippen LogP contribution in [0.15, 0.2) is 61.3 Å². The summed E-state index contributed by atoms with van der Waals surface area (Å²) in [5.74, 6) is -3.31. The number of anilines is 2. The number of carbonyl (C=O) groups excluding carboxylic acids is 2. The standard InChI is InChI=1S/C30H30F5IN3O2P/c1-4-8-18-15-20(29(42,13-5-2)30(33,34)35)16-22(36)26(18)38-27(40)21-9-7-10-23(25(21)32)39(14-6-3)28(41)19-11-12-24(31)37-17-19/h6-7,9-12,15-17H,3-5,8,13-14,42H2,1-2H3,(H,38,40). The Labute approximate surface area is 257 Å². The van der Waals surface area contributed by atoms with Crippen LogP contribution in [0.25, 0.3) is 0 Å². The number of hydrogen-bond acceptors (Lipinski definition) is 3. The largest absolute Gasteiger partial charge is 0.401 e. The maximum atomic E-state index is 15.8. The SMILES string of the molecule is C=CCN(C(=O)c1ccc(F)nc1)c1cccc(C(=O)Nc2c(I)cc(C(P)(CCC)C(F)(F)F)cc2CCC)c1F. The van der Waals surface area contributed by atoms with Gasteiger partial charge in [0.05, 0.1) is 22.5 Å². The molecule has 0 aliphatic rings. The van der Waals surface area contributed by atoms with Gasteiger partial charge in [0, 0.05) is 16.3 Å². The molecule has 0 saturated carbocycles. The molecule has 0 spiro atoms. The molecule has 42 heavy (non-hydrogen) atoms. The number of hydrogen-bond donors (Lipinski definition) is 1. The van der Waals surface area contributed by atoms with Gasteiger partial charge in [0.2, 0.25) is 5.95 Å². The second-order valence-corrected chi connectivity index (χ2v) is 11.8. The van der Waals surface area contributed by atoms with Gasteiger partial charge in [0.15, 0.2) is 5.82 Å². The maximum Gasteiger partial charge on any atom is 0.401 e. The first kappa shape index (κ1) is 33.6. The van der Waals surface area contributed by atoms with E-state index < -0.39 is 34.9 Å². The molecule has 2 aromatic carbocycles. The van der Waals surface area contributed by atoms with E-state index >= 15 is 4.39 Å². The van der Waals surface area contributed by atoms with Crippen LogP contribution in [0.5, 0.6) is 0 Å². The average molecular weight is 717 g/mol. The van der Waals surface area contributed by atoms with Crippen LogP contribution in [-0.2, 0) is 11.6 Å². The van der Waals surface area contributed by atoms with Crippen molar-refractivity contribution in [2.75, 3.05) is 16.8 Å². The van der Waals surface area contributed by atoms with E-state index in [0.717, 1.165) is 17.2 Å². The Morgan fingerprint density at radius 2 is 1.83 bits per heavy atom. The second-order valence-electron chi connectivity index (χ2n) is 9.63. The van der Waals surface area contributed by atoms with E-state index in [0.29, 0.717) is 34.1 Å². The summed E-state index contributed by atoms with van der Waals surface area (Å²) in [5, 5.41) is 0.527. The third-order valence-electron chi connectivity index (χ3n) is 6.64. The lowest BCUT2D eigenvalue weighted by Crippen LogP contribution is -2.36. The smallest absolute Gasteiger partial charge is 0.321 e. The van der Waals surface area contributed by atoms with Gasteiger partial charge in [0.25, 0.3) is 11.8 Å². The van der Waals surface area contributed by atoms with Crippen LogP contribution >= 0.6 is 31.8 Å². The summed E-state index contributed by atoms with van der Waals surface area (Å²) in [7, 11) is 1.97. The molecular formula is C30H30F5IN3O2P. The minimum absolute atomic E-state index is 0.00144. The molecule has 2 amide bonds. The highest BCUT2D eigenvalue weighted by atomic mass is 127. The Balaban J connectivity index is 2.03. The van der Waals surface area contributed by atoms with Gasteiger partial charge in [0.1, 0.15) is 5.16 Å². The zero-order valence-electron chi connectivity index (χ0n) is 23.0. The first-order valence-electron chi connectivity index (χ1n) is 13.1. The van der Waals surface area contributed by atoms with Gasteiger partial charge in [-0.15, -0.1) is 15.8 Å². The first-order valence-corrected chi connectivity index (χ1v) is 14.8. The lowest BCUT2D eigenvalue weighted by molar-refractivity contribution is -0.164. The van der Waals surface area contributed by atoms with Crippen molar-refractivity contribution in [3.8, 4) is 0 Å². The fraction of sp³-hybridized carbons (Fsp3) is 0.300. The van der Waals surface area contributed by atoms with Crippen molar-refractivity contribution in [2.24, 2.45) is 0 Å².